The van der Waals surface area contributed by atoms with Crippen molar-refractivity contribution in [3.05, 3.63) is 36.2 Å². The van der Waals surface area contributed by atoms with Crippen molar-refractivity contribution >= 4 is 18.6 Å². The van der Waals surface area contributed by atoms with E-state index in [0.29, 0.717) is 6.61 Å². The first-order valence-electron chi connectivity index (χ1n) is 9.28. The lowest BCUT2D eigenvalue weighted by atomic mass is 9.78. The minimum Gasteiger partial charge on any atom is -0.465 e. The van der Waals surface area contributed by atoms with Crippen molar-refractivity contribution in [1.82, 2.24) is 9.78 Å². The van der Waals surface area contributed by atoms with Crippen molar-refractivity contribution in [2.24, 2.45) is 0 Å². The number of rotatable bonds is 5. The van der Waals surface area contributed by atoms with Crippen molar-refractivity contribution in [3.8, 4) is 11.1 Å². The van der Waals surface area contributed by atoms with Gasteiger partial charge < -0.3 is 14.0 Å². The van der Waals surface area contributed by atoms with Crippen LogP contribution in [0.4, 0.5) is 0 Å². The van der Waals surface area contributed by atoms with Crippen LogP contribution >= 0.6 is 0 Å². The number of aryl methyl sites for hydroxylation is 1. The van der Waals surface area contributed by atoms with Crippen LogP contribution in [-0.4, -0.2) is 40.7 Å². The Labute approximate surface area is 160 Å². The van der Waals surface area contributed by atoms with Crippen molar-refractivity contribution in [2.75, 3.05) is 6.61 Å². The fourth-order valence-electron chi connectivity index (χ4n) is 3.02. The summed E-state index contributed by atoms with van der Waals surface area (Å²) < 4.78 is 18.8. The van der Waals surface area contributed by atoms with Crippen molar-refractivity contribution in [1.29, 1.82) is 0 Å². The van der Waals surface area contributed by atoms with E-state index in [-0.39, 0.29) is 30.8 Å². The van der Waals surface area contributed by atoms with Crippen LogP contribution < -0.4 is 5.46 Å². The molecule has 1 fully saturated rings. The molecular weight excluding hydrogens is 343 g/mol. The lowest BCUT2D eigenvalue weighted by Crippen LogP contribution is -2.41. The van der Waals surface area contributed by atoms with E-state index in [4.69, 9.17) is 14.0 Å². The molecule has 0 radical (unpaired) electrons. The summed E-state index contributed by atoms with van der Waals surface area (Å²) in [6.45, 7) is 12.4. The Balaban J connectivity index is 1.77. The molecule has 27 heavy (non-hydrogen) atoms. The number of benzene rings is 1. The van der Waals surface area contributed by atoms with E-state index in [1.54, 1.807) is 11.6 Å². The van der Waals surface area contributed by atoms with Gasteiger partial charge in [-0.05, 0) is 52.6 Å². The standard InChI is InChI=1S/C20H27BN2O4/c1-7-25-18(24)13-23-12-17(14(2)22-23)15-8-10-16(11-9-15)21-26-19(3,4)20(5,6)27-21/h8-12H,7,13H2,1-6H3. The summed E-state index contributed by atoms with van der Waals surface area (Å²) in [4.78, 5) is 11.7. The second-order valence-corrected chi connectivity index (χ2v) is 7.84. The van der Waals surface area contributed by atoms with Crippen molar-refractivity contribution < 1.29 is 18.8 Å². The third-order valence-electron chi connectivity index (χ3n) is 5.29. The normalized spacial score (nSPS) is 17.9. The van der Waals surface area contributed by atoms with Gasteiger partial charge in [0.2, 0.25) is 0 Å². The summed E-state index contributed by atoms with van der Waals surface area (Å²) >= 11 is 0. The van der Waals surface area contributed by atoms with Crippen LogP contribution in [0.15, 0.2) is 30.5 Å². The van der Waals surface area contributed by atoms with Crippen LogP contribution in [0.5, 0.6) is 0 Å². The van der Waals surface area contributed by atoms with E-state index < -0.39 is 0 Å². The average molecular weight is 370 g/mol. The zero-order valence-electron chi connectivity index (χ0n) is 16.9. The molecule has 0 amide bonds. The van der Waals surface area contributed by atoms with Gasteiger partial charge in [0, 0.05) is 11.8 Å². The molecule has 0 N–H and O–H groups in total. The molecule has 7 heteroatoms. The number of aromatic nitrogens is 2. The van der Waals surface area contributed by atoms with Crippen molar-refractivity contribution in [2.45, 2.75) is 59.3 Å². The van der Waals surface area contributed by atoms with Gasteiger partial charge in [-0.2, -0.15) is 5.10 Å². The molecule has 0 atom stereocenters. The minimum absolute atomic E-state index is 0.112. The van der Waals surface area contributed by atoms with E-state index in [1.807, 2.05) is 65.1 Å². The third kappa shape index (κ3) is 3.94. The lowest BCUT2D eigenvalue weighted by molar-refractivity contribution is -0.144. The smallest absolute Gasteiger partial charge is 0.465 e. The molecule has 144 valence electrons. The van der Waals surface area contributed by atoms with Crippen molar-refractivity contribution in [3.63, 3.8) is 0 Å². The first-order valence-corrected chi connectivity index (χ1v) is 9.28. The maximum Gasteiger partial charge on any atom is 0.494 e. The molecule has 0 unspecified atom stereocenters. The summed E-state index contributed by atoms with van der Waals surface area (Å²) in [6, 6.07) is 8.08. The minimum atomic E-state index is -0.378. The Bertz CT molecular complexity index is 811. The predicted molar refractivity (Wildman–Crippen MR) is 105 cm³/mol. The molecule has 0 aliphatic carbocycles. The van der Waals surface area contributed by atoms with E-state index in [0.717, 1.165) is 22.3 Å². The van der Waals surface area contributed by atoms with Gasteiger partial charge in [0.15, 0.2) is 0 Å². The molecule has 0 saturated carbocycles. The maximum atomic E-state index is 11.7. The fourth-order valence-corrected chi connectivity index (χ4v) is 3.02. The Morgan fingerprint density at radius 1 is 1.15 bits per heavy atom. The second-order valence-electron chi connectivity index (χ2n) is 7.84. The fraction of sp³-hybridized carbons (Fsp3) is 0.500. The monoisotopic (exact) mass is 370 g/mol. The molecule has 1 aliphatic rings. The van der Waals surface area contributed by atoms with Gasteiger partial charge in [-0.15, -0.1) is 0 Å². The molecule has 2 aromatic rings. The summed E-state index contributed by atoms with van der Waals surface area (Å²) in [5.41, 5.74) is 3.14. The summed E-state index contributed by atoms with van der Waals surface area (Å²) in [6.07, 6.45) is 1.87. The Morgan fingerprint density at radius 3 is 2.30 bits per heavy atom. The largest absolute Gasteiger partial charge is 0.494 e. The zero-order chi connectivity index (χ0) is 19.8. The maximum absolute atomic E-state index is 11.7. The summed E-state index contributed by atoms with van der Waals surface area (Å²) in [5.74, 6) is -0.289. The van der Waals surface area contributed by atoms with Crippen LogP contribution in [0.2, 0.25) is 0 Å². The van der Waals surface area contributed by atoms with Gasteiger partial charge in [-0.25, -0.2) is 0 Å². The van der Waals surface area contributed by atoms with Gasteiger partial charge in [0.05, 0.1) is 23.5 Å². The molecule has 1 saturated heterocycles. The number of hydrogen-bond donors (Lipinski definition) is 0. The van der Waals surface area contributed by atoms with Crippen LogP contribution in [0.25, 0.3) is 11.1 Å². The molecule has 1 aromatic carbocycles. The topological polar surface area (TPSA) is 62.6 Å². The average Bonchev–Trinajstić information content (AvgIpc) is 3.04. The number of carbonyl (C=O) groups excluding carboxylic acids is 1. The Kier molecular flexibility index (Phi) is 5.19. The second kappa shape index (κ2) is 7.13. The Hall–Kier alpha value is -2.12. The highest BCUT2D eigenvalue weighted by Gasteiger charge is 2.51. The first-order chi connectivity index (χ1) is 12.6. The molecular formula is C20H27BN2O4. The van der Waals surface area contributed by atoms with Crippen LogP contribution in [0.3, 0.4) is 0 Å². The van der Waals surface area contributed by atoms with E-state index in [9.17, 15) is 4.79 Å². The molecule has 6 nitrogen and oxygen atoms in total. The SMILES string of the molecule is CCOC(=O)Cn1cc(-c2ccc(B3OC(C)(C)C(C)(C)O3)cc2)c(C)n1. The van der Waals surface area contributed by atoms with Crippen LogP contribution in [0, 0.1) is 6.92 Å². The first kappa shape index (κ1) is 19.6. The number of hydrogen-bond acceptors (Lipinski definition) is 5. The van der Waals surface area contributed by atoms with E-state index >= 15 is 0 Å². The molecule has 1 aliphatic heterocycles. The van der Waals surface area contributed by atoms with Crippen LogP contribution in [-0.2, 0) is 25.4 Å². The van der Waals surface area contributed by atoms with Gasteiger partial charge in [0.1, 0.15) is 6.54 Å². The molecule has 2 heterocycles. The number of carbonyl (C=O) groups is 1. The molecule has 3 rings (SSSR count). The quantitative estimate of drug-likeness (QED) is 0.598. The third-order valence-corrected chi connectivity index (χ3v) is 5.29. The summed E-state index contributed by atoms with van der Waals surface area (Å²) in [5, 5.41) is 4.41. The molecule has 0 spiro atoms. The number of esters is 1. The molecule has 0 bridgehead atoms. The number of nitrogens with zero attached hydrogens (tertiary/aromatic N) is 2. The Morgan fingerprint density at radius 2 is 1.74 bits per heavy atom. The van der Waals surface area contributed by atoms with Gasteiger partial charge in [0.25, 0.3) is 0 Å². The highest BCUT2D eigenvalue weighted by atomic mass is 16.7. The van der Waals surface area contributed by atoms with Gasteiger partial charge in [-0.3, -0.25) is 9.48 Å². The zero-order valence-corrected chi connectivity index (χ0v) is 16.9. The van der Waals surface area contributed by atoms with Gasteiger partial charge in [-0.1, -0.05) is 24.3 Å². The van der Waals surface area contributed by atoms with E-state index in [1.165, 1.54) is 0 Å². The lowest BCUT2D eigenvalue weighted by Gasteiger charge is -2.32. The highest BCUT2D eigenvalue weighted by Crippen LogP contribution is 2.36. The number of ether oxygens (including phenoxy) is 1. The predicted octanol–water partition coefficient (Wildman–Crippen LogP) is 2.72. The molecule has 1 aromatic heterocycles. The summed E-state index contributed by atoms with van der Waals surface area (Å²) in [7, 11) is -0.378. The van der Waals surface area contributed by atoms with Crippen LogP contribution in [0.1, 0.15) is 40.3 Å². The van der Waals surface area contributed by atoms with E-state index in [2.05, 4.69) is 5.10 Å². The highest BCUT2D eigenvalue weighted by molar-refractivity contribution is 6.62. The van der Waals surface area contributed by atoms with Gasteiger partial charge >= 0.3 is 13.1 Å².